The molecule has 1 unspecified atom stereocenters. The molecule has 1 amide bonds. The van der Waals surface area contributed by atoms with Gasteiger partial charge in [0.1, 0.15) is 0 Å². The fourth-order valence-corrected chi connectivity index (χ4v) is 5.49. The lowest BCUT2D eigenvalue weighted by Gasteiger charge is -2.40. The minimum atomic E-state index is -0.0300. The molecule has 0 saturated heterocycles. The van der Waals surface area contributed by atoms with Crippen LogP contribution in [0.25, 0.3) is 0 Å². The van der Waals surface area contributed by atoms with E-state index >= 15 is 0 Å². The summed E-state index contributed by atoms with van der Waals surface area (Å²) in [6.45, 7) is 2.93. The standard InChI is InChI=1S/C32H39NO3/c1-4-5-6-13-18-32(34)33-20-19-26-21-30(35-2)31(36-3)23-28(26)29(33)22-27(24-14-9-7-10-15-24)25-16-11-8-12-17-25/h7-12,14-17,21,23,27,29H,4-6,13,18-20,22H2,1-3H3. The van der Waals surface area contributed by atoms with E-state index in [0.29, 0.717) is 6.42 Å². The van der Waals surface area contributed by atoms with Crippen molar-refractivity contribution in [3.8, 4) is 11.5 Å². The number of unbranched alkanes of at least 4 members (excludes halogenated alkanes) is 3. The van der Waals surface area contributed by atoms with E-state index in [9.17, 15) is 4.79 Å². The van der Waals surface area contributed by atoms with Crippen molar-refractivity contribution < 1.29 is 14.3 Å². The summed E-state index contributed by atoms with van der Waals surface area (Å²) in [6.07, 6.45) is 6.67. The van der Waals surface area contributed by atoms with Crippen LogP contribution in [-0.2, 0) is 11.2 Å². The minimum Gasteiger partial charge on any atom is -0.493 e. The highest BCUT2D eigenvalue weighted by Crippen LogP contribution is 2.44. The Morgan fingerprint density at radius 2 is 1.50 bits per heavy atom. The van der Waals surface area contributed by atoms with Gasteiger partial charge in [0, 0.05) is 18.9 Å². The normalized spacial score (nSPS) is 15.0. The molecule has 4 rings (SSSR count). The molecule has 36 heavy (non-hydrogen) atoms. The SMILES string of the molecule is CCCCCCC(=O)N1CCc2cc(OC)c(OC)cc2C1CC(c1ccccc1)c1ccccc1. The predicted molar refractivity (Wildman–Crippen MR) is 146 cm³/mol. The summed E-state index contributed by atoms with van der Waals surface area (Å²) in [7, 11) is 3.35. The Balaban J connectivity index is 1.73. The number of nitrogens with zero attached hydrogens (tertiary/aromatic N) is 1. The first kappa shape index (κ1) is 25.8. The number of rotatable bonds is 11. The summed E-state index contributed by atoms with van der Waals surface area (Å²) in [5, 5.41) is 0. The van der Waals surface area contributed by atoms with E-state index in [1.54, 1.807) is 14.2 Å². The fraction of sp³-hybridized carbons (Fsp3) is 0.406. The van der Waals surface area contributed by atoms with Crippen molar-refractivity contribution in [1.29, 1.82) is 0 Å². The second kappa shape index (κ2) is 12.6. The van der Waals surface area contributed by atoms with Crippen LogP contribution in [0.15, 0.2) is 72.8 Å². The Kier molecular flexibility index (Phi) is 9.05. The number of carbonyl (C=O) groups excluding carboxylic acids is 1. The molecule has 0 aromatic heterocycles. The third-order valence-corrected chi connectivity index (χ3v) is 7.43. The Morgan fingerprint density at radius 1 is 0.889 bits per heavy atom. The number of carbonyl (C=O) groups is 1. The minimum absolute atomic E-state index is 0.0300. The van der Waals surface area contributed by atoms with Gasteiger partial charge in [0.15, 0.2) is 11.5 Å². The zero-order chi connectivity index (χ0) is 25.3. The first-order valence-corrected chi connectivity index (χ1v) is 13.3. The van der Waals surface area contributed by atoms with E-state index in [-0.39, 0.29) is 17.9 Å². The lowest BCUT2D eigenvalue weighted by atomic mass is 9.80. The van der Waals surface area contributed by atoms with Gasteiger partial charge in [-0.15, -0.1) is 0 Å². The molecule has 0 fully saturated rings. The maximum absolute atomic E-state index is 13.6. The van der Waals surface area contributed by atoms with Crippen molar-refractivity contribution in [1.82, 2.24) is 4.90 Å². The van der Waals surface area contributed by atoms with Crippen LogP contribution in [0.2, 0.25) is 0 Å². The summed E-state index contributed by atoms with van der Waals surface area (Å²) in [5.74, 6) is 1.90. The predicted octanol–water partition coefficient (Wildman–Crippen LogP) is 7.32. The number of methoxy groups -OCH3 is 2. The zero-order valence-corrected chi connectivity index (χ0v) is 21.9. The molecule has 4 nitrogen and oxygen atoms in total. The highest BCUT2D eigenvalue weighted by Gasteiger charge is 2.34. The Labute approximate surface area is 216 Å². The summed E-state index contributed by atoms with van der Waals surface area (Å²) >= 11 is 0. The van der Waals surface area contributed by atoms with Crippen LogP contribution in [0, 0.1) is 0 Å². The smallest absolute Gasteiger partial charge is 0.223 e. The summed E-state index contributed by atoms with van der Waals surface area (Å²) < 4.78 is 11.3. The molecule has 0 N–H and O–H groups in total. The number of benzene rings is 3. The maximum atomic E-state index is 13.6. The second-order valence-corrected chi connectivity index (χ2v) is 9.68. The third kappa shape index (κ3) is 5.92. The van der Waals surface area contributed by atoms with Gasteiger partial charge in [0.2, 0.25) is 5.91 Å². The highest BCUT2D eigenvalue weighted by atomic mass is 16.5. The van der Waals surface area contributed by atoms with Crippen LogP contribution >= 0.6 is 0 Å². The number of fused-ring (bicyclic) bond motifs is 1. The second-order valence-electron chi connectivity index (χ2n) is 9.68. The quantitative estimate of drug-likeness (QED) is 0.267. The molecule has 0 aliphatic carbocycles. The lowest BCUT2D eigenvalue weighted by Crippen LogP contribution is -2.40. The number of amides is 1. The van der Waals surface area contributed by atoms with Crippen LogP contribution < -0.4 is 9.47 Å². The molecule has 3 aromatic rings. The van der Waals surface area contributed by atoms with Crippen molar-refractivity contribution >= 4 is 5.91 Å². The molecular formula is C32H39NO3. The summed E-state index contributed by atoms with van der Waals surface area (Å²) in [4.78, 5) is 15.7. The van der Waals surface area contributed by atoms with Crippen LogP contribution in [0.3, 0.4) is 0 Å². The Bertz CT molecular complexity index is 1070. The van der Waals surface area contributed by atoms with Gasteiger partial charge >= 0.3 is 0 Å². The van der Waals surface area contributed by atoms with Crippen LogP contribution in [-0.4, -0.2) is 31.6 Å². The fourth-order valence-electron chi connectivity index (χ4n) is 5.49. The van der Waals surface area contributed by atoms with E-state index in [0.717, 1.165) is 43.7 Å². The zero-order valence-electron chi connectivity index (χ0n) is 21.9. The van der Waals surface area contributed by atoms with Crippen LogP contribution in [0.1, 0.15) is 79.7 Å². The van der Waals surface area contributed by atoms with Crippen molar-refractivity contribution in [2.45, 2.75) is 63.8 Å². The van der Waals surface area contributed by atoms with Crippen molar-refractivity contribution in [2.75, 3.05) is 20.8 Å². The van der Waals surface area contributed by atoms with Gasteiger partial charge in [-0.25, -0.2) is 0 Å². The van der Waals surface area contributed by atoms with Gasteiger partial charge in [-0.1, -0.05) is 86.8 Å². The van der Waals surface area contributed by atoms with Gasteiger partial charge in [-0.2, -0.15) is 0 Å². The molecule has 3 aromatic carbocycles. The van der Waals surface area contributed by atoms with Crippen molar-refractivity contribution in [3.63, 3.8) is 0 Å². The van der Waals surface area contributed by atoms with E-state index in [1.165, 1.54) is 35.1 Å². The summed E-state index contributed by atoms with van der Waals surface area (Å²) in [6, 6.07) is 25.5. The first-order chi connectivity index (χ1) is 17.7. The number of ether oxygens (including phenoxy) is 2. The van der Waals surface area contributed by atoms with E-state index < -0.39 is 0 Å². The van der Waals surface area contributed by atoms with Gasteiger partial charge in [-0.3, -0.25) is 4.79 Å². The summed E-state index contributed by atoms with van der Waals surface area (Å²) in [5.41, 5.74) is 4.96. The molecule has 1 aliphatic rings. The molecule has 0 bridgehead atoms. The molecule has 4 heteroatoms. The monoisotopic (exact) mass is 485 g/mol. The Hall–Kier alpha value is -3.27. The molecule has 0 spiro atoms. The molecule has 1 atom stereocenters. The van der Waals surface area contributed by atoms with Crippen molar-refractivity contribution in [3.05, 3.63) is 95.1 Å². The molecule has 1 aliphatic heterocycles. The highest BCUT2D eigenvalue weighted by molar-refractivity contribution is 5.77. The van der Waals surface area contributed by atoms with E-state index in [2.05, 4.69) is 84.6 Å². The number of hydrogen-bond donors (Lipinski definition) is 0. The van der Waals surface area contributed by atoms with Crippen LogP contribution in [0.4, 0.5) is 0 Å². The van der Waals surface area contributed by atoms with E-state index in [4.69, 9.17) is 9.47 Å². The van der Waals surface area contributed by atoms with Crippen molar-refractivity contribution in [2.24, 2.45) is 0 Å². The lowest BCUT2D eigenvalue weighted by molar-refractivity contribution is -0.134. The third-order valence-electron chi connectivity index (χ3n) is 7.43. The number of hydrogen-bond acceptors (Lipinski definition) is 3. The maximum Gasteiger partial charge on any atom is 0.223 e. The first-order valence-electron chi connectivity index (χ1n) is 13.3. The molecule has 0 saturated carbocycles. The molecule has 0 radical (unpaired) electrons. The largest absolute Gasteiger partial charge is 0.493 e. The average molecular weight is 486 g/mol. The Morgan fingerprint density at radius 3 is 2.08 bits per heavy atom. The van der Waals surface area contributed by atoms with Crippen LogP contribution in [0.5, 0.6) is 11.5 Å². The van der Waals surface area contributed by atoms with Gasteiger partial charge in [-0.05, 0) is 53.6 Å². The van der Waals surface area contributed by atoms with Gasteiger partial charge < -0.3 is 14.4 Å². The van der Waals surface area contributed by atoms with Gasteiger partial charge in [0.25, 0.3) is 0 Å². The average Bonchev–Trinajstić information content (AvgIpc) is 2.93. The molecular weight excluding hydrogens is 446 g/mol. The molecule has 190 valence electrons. The van der Waals surface area contributed by atoms with E-state index in [1.807, 2.05) is 0 Å². The molecule has 1 heterocycles. The topological polar surface area (TPSA) is 38.8 Å². The van der Waals surface area contributed by atoms with Gasteiger partial charge in [0.05, 0.1) is 20.3 Å².